The van der Waals surface area contributed by atoms with Crippen molar-refractivity contribution in [3.8, 4) is 11.5 Å². The number of phenols is 1. The SMILES string of the molecule is Cc1ccc(/C=C2/Oc3c(ccc(O)c3CN3CCN(C)CC3)C2=O)o1. The van der Waals surface area contributed by atoms with Gasteiger partial charge in [0.25, 0.3) is 0 Å². The molecule has 6 heteroatoms. The van der Waals surface area contributed by atoms with Crippen molar-refractivity contribution in [1.29, 1.82) is 0 Å². The van der Waals surface area contributed by atoms with E-state index in [2.05, 4.69) is 16.8 Å². The molecule has 1 aromatic heterocycles. The quantitative estimate of drug-likeness (QED) is 0.855. The number of benzene rings is 1. The normalized spacial score (nSPS) is 19.8. The van der Waals surface area contributed by atoms with Crippen molar-refractivity contribution in [3.05, 3.63) is 52.7 Å². The first-order valence-electron chi connectivity index (χ1n) is 8.77. The summed E-state index contributed by atoms with van der Waals surface area (Å²) in [6.07, 6.45) is 1.60. The molecule has 0 atom stereocenters. The van der Waals surface area contributed by atoms with E-state index in [1.54, 1.807) is 24.3 Å². The maximum Gasteiger partial charge on any atom is 0.232 e. The van der Waals surface area contributed by atoms with Crippen molar-refractivity contribution in [2.24, 2.45) is 0 Å². The number of fused-ring (bicyclic) bond motifs is 1. The average Bonchev–Trinajstić information content (AvgIpc) is 3.16. The van der Waals surface area contributed by atoms with E-state index in [1.165, 1.54) is 0 Å². The van der Waals surface area contributed by atoms with Gasteiger partial charge in [0.1, 0.15) is 23.0 Å². The van der Waals surface area contributed by atoms with Crippen LogP contribution in [0.1, 0.15) is 27.4 Å². The molecule has 0 aliphatic carbocycles. The predicted octanol–water partition coefficient (Wildman–Crippen LogP) is 2.66. The van der Waals surface area contributed by atoms with Gasteiger partial charge in [0.05, 0.1) is 11.1 Å². The minimum Gasteiger partial charge on any atom is -0.507 e. The summed E-state index contributed by atoms with van der Waals surface area (Å²) in [7, 11) is 2.10. The van der Waals surface area contributed by atoms with Gasteiger partial charge in [-0.15, -0.1) is 0 Å². The number of rotatable bonds is 3. The second-order valence-corrected chi connectivity index (χ2v) is 6.91. The van der Waals surface area contributed by atoms with Crippen LogP contribution in [0.2, 0.25) is 0 Å². The molecular weight excluding hydrogens is 332 g/mol. The Labute approximate surface area is 152 Å². The molecule has 1 saturated heterocycles. The molecule has 2 aromatic rings. The number of nitrogens with zero attached hydrogens (tertiary/aromatic N) is 2. The zero-order valence-corrected chi connectivity index (χ0v) is 15.0. The summed E-state index contributed by atoms with van der Waals surface area (Å²) in [4.78, 5) is 17.2. The van der Waals surface area contributed by atoms with Crippen LogP contribution in [-0.4, -0.2) is 53.9 Å². The number of aromatic hydroxyl groups is 1. The average molecular weight is 354 g/mol. The highest BCUT2D eigenvalue weighted by atomic mass is 16.5. The number of carbonyl (C=O) groups is 1. The molecule has 0 bridgehead atoms. The number of aryl methyl sites for hydroxylation is 1. The molecule has 1 aromatic carbocycles. The van der Waals surface area contributed by atoms with Gasteiger partial charge >= 0.3 is 0 Å². The minimum absolute atomic E-state index is 0.158. The van der Waals surface area contributed by atoms with Crippen LogP contribution >= 0.6 is 0 Å². The van der Waals surface area contributed by atoms with Crippen LogP contribution in [0, 0.1) is 6.92 Å². The van der Waals surface area contributed by atoms with Crippen LogP contribution in [0.15, 0.2) is 34.4 Å². The van der Waals surface area contributed by atoms with Gasteiger partial charge in [-0.3, -0.25) is 9.69 Å². The Morgan fingerprint density at radius 1 is 1.15 bits per heavy atom. The molecule has 1 fully saturated rings. The van der Waals surface area contributed by atoms with E-state index in [1.807, 2.05) is 13.0 Å². The number of ketones is 1. The monoisotopic (exact) mass is 354 g/mol. The molecule has 0 unspecified atom stereocenters. The fraction of sp³-hybridized carbons (Fsp3) is 0.350. The number of likely N-dealkylation sites (N-methyl/N-ethyl adjacent to an activating group) is 1. The third kappa shape index (κ3) is 3.13. The van der Waals surface area contributed by atoms with E-state index in [0.717, 1.165) is 31.9 Å². The van der Waals surface area contributed by atoms with Crippen molar-refractivity contribution in [3.63, 3.8) is 0 Å². The lowest BCUT2D eigenvalue weighted by Gasteiger charge is -2.32. The van der Waals surface area contributed by atoms with Crippen molar-refractivity contribution < 1.29 is 19.1 Å². The lowest BCUT2D eigenvalue weighted by molar-refractivity contribution is 0.101. The first-order valence-corrected chi connectivity index (χ1v) is 8.77. The summed E-state index contributed by atoms with van der Waals surface area (Å²) in [5.74, 6) is 2.00. The standard InChI is InChI=1S/C20H22N2O4/c1-13-3-4-14(25-13)11-18-19(24)15-5-6-17(23)16(20(15)26-18)12-22-9-7-21(2)8-10-22/h3-6,11,23H,7-10,12H2,1-2H3/b18-11+. The smallest absolute Gasteiger partial charge is 0.232 e. The maximum absolute atomic E-state index is 12.7. The minimum atomic E-state index is -0.186. The first-order chi connectivity index (χ1) is 12.5. The van der Waals surface area contributed by atoms with E-state index in [-0.39, 0.29) is 17.3 Å². The van der Waals surface area contributed by atoms with Crippen LogP contribution in [0.4, 0.5) is 0 Å². The number of ether oxygens (including phenoxy) is 1. The molecule has 3 heterocycles. The van der Waals surface area contributed by atoms with Crippen LogP contribution in [0.25, 0.3) is 6.08 Å². The maximum atomic E-state index is 12.7. The predicted molar refractivity (Wildman–Crippen MR) is 97.3 cm³/mol. The fourth-order valence-electron chi connectivity index (χ4n) is 3.34. The van der Waals surface area contributed by atoms with E-state index in [9.17, 15) is 9.90 Å². The van der Waals surface area contributed by atoms with Crippen LogP contribution in [0.3, 0.4) is 0 Å². The van der Waals surface area contributed by atoms with Gasteiger partial charge in [0.15, 0.2) is 5.76 Å². The van der Waals surface area contributed by atoms with Gasteiger partial charge in [-0.25, -0.2) is 0 Å². The molecule has 6 nitrogen and oxygen atoms in total. The van der Waals surface area contributed by atoms with Crippen molar-refractivity contribution in [2.75, 3.05) is 33.2 Å². The van der Waals surface area contributed by atoms with Gasteiger partial charge in [-0.05, 0) is 38.2 Å². The summed E-state index contributed by atoms with van der Waals surface area (Å²) < 4.78 is 11.4. The molecule has 0 radical (unpaired) electrons. The number of piperazine rings is 1. The molecule has 136 valence electrons. The number of phenolic OH excluding ortho intramolecular Hbond substituents is 1. The Balaban J connectivity index is 1.62. The lowest BCUT2D eigenvalue weighted by Crippen LogP contribution is -2.43. The first kappa shape index (κ1) is 16.9. The molecule has 0 amide bonds. The molecular formula is C20H22N2O4. The summed E-state index contributed by atoms with van der Waals surface area (Å²) in [6, 6.07) is 6.83. The molecule has 2 aliphatic rings. The molecule has 2 aliphatic heterocycles. The zero-order chi connectivity index (χ0) is 18.3. The summed E-state index contributed by atoms with van der Waals surface area (Å²) in [5, 5.41) is 10.4. The number of carbonyl (C=O) groups excluding carboxylic acids is 1. The number of hydrogen-bond donors (Lipinski definition) is 1. The van der Waals surface area contributed by atoms with E-state index < -0.39 is 0 Å². The van der Waals surface area contributed by atoms with Crippen molar-refractivity contribution >= 4 is 11.9 Å². The largest absolute Gasteiger partial charge is 0.507 e. The van der Waals surface area contributed by atoms with Crippen LogP contribution < -0.4 is 4.74 Å². The van der Waals surface area contributed by atoms with E-state index in [4.69, 9.17) is 9.15 Å². The molecule has 0 spiro atoms. The second kappa shape index (κ2) is 6.63. The highest BCUT2D eigenvalue weighted by molar-refractivity contribution is 6.14. The van der Waals surface area contributed by atoms with Gasteiger partial charge in [-0.2, -0.15) is 0 Å². The molecule has 1 N–H and O–H groups in total. The van der Waals surface area contributed by atoms with Gasteiger partial charge < -0.3 is 19.2 Å². The second-order valence-electron chi connectivity index (χ2n) is 6.91. The van der Waals surface area contributed by atoms with Gasteiger partial charge in [0.2, 0.25) is 5.78 Å². The Morgan fingerprint density at radius 3 is 2.62 bits per heavy atom. The Bertz CT molecular complexity index is 876. The molecule has 4 rings (SSSR count). The van der Waals surface area contributed by atoms with E-state index in [0.29, 0.717) is 29.2 Å². The Hall–Kier alpha value is -2.57. The van der Waals surface area contributed by atoms with E-state index >= 15 is 0 Å². The Kier molecular flexibility index (Phi) is 4.30. The topological polar surface area (TPSA) is 66.2 Å². The number of furan rings is 1. The Morgan fingerprint density at radius 2 is 1.92 bits per heavy atom. The van der Waals surface area contributed by atoms with Crippen molar-refractivity contribution in [1.82, 2.24) is 9.80 Å². The summed E-state index contributed by atoms with van der Waals surface area (Å²) >= 11 is 0. The molecule has 26 heavy (non-hydrogen) atoms. The lowest BCUT2D eigenvalue weighted by atomic mass is 10.0. The number of Topliss-reactive ketones (excluding diaryl/α,β-unsaturated/α-hetero) is 1. The molecule has 0 saturated carbocycles. The highest BCUT2D eigenvalue weighted by Gasteiger charge is 2.32. The number of hydrogen-bond acceptors (Lipinski definition) is 6. The third-order valence-electron chi connectivity index (χ3n) is 4.93. The van der Waals surface area contributed by atoms with Crippen molar-refractivity contribution in [2.45, 2.75) is 13.5 Å². The fourth-order valence-corrected chi connectivity index (χ4v) is 3.34. The van der Waals surface area contributed by atoms with Gasteiger partial charge in [-0.1, -0.05) is 0 Å². The number of allylic oxidation sites excluding steroid dienone is 1. The van der Waals surface area contributed by atoms with Crippen LogP contribution in [-0.2, 0) is 6.54 Å². The van der Waals surface area contributed by atoms with Crippen LogP contribution in [0.5, 0.6) is 11.5 Å². The highest BCUT2D eigenvalue weighted by Crippen LogP contribution is 2.40. The third-order valence-corrected chi connectivity index (χ3v) is 4.93. The zero-order valence-electron chi connectivity index (χ0n) is 15.0. The van der Waals surface area contributed by atoms with Gasteiger partial charge in [0, 0.05) is 38.8 Å². The summed E-state index contributed by atoms with van der Waals surface area (Å²) in [5.41, 5.74) is 1.15. The summed E-state index contributed by atoms with van der Waals surface area (Å²) in [6.45, 7) is 6.21.